The Morgan fingerprint density at radius 3 is 1.70 bits per heavy atom. The quantitative estimate of drug-likeness (QED) is 0.252. The van der Waals surface area contributed by atoms with Gasteiger partial charge < -0.3 is 4.74 Å². The van der Waals surface area contributed by atoms with Crippen LogP contribution in [0.15, 0.2) is 10.2 Å². The molecule has 0 radical (unpaired) electrons. The lowest BCUT2D eigenvalue weighted by atomic mass is 9.92. The van der Waals surface area contributed by atoms with E-state index >= 15 is 0 Å². The van der Waals surface area contributed by atoms with Crippen molar-refractivity contribution in [3.05, 3.63) is 20.9 Å². The summed E-state index contributed by atoms with van der Waals surface area (Å²) in [5, 5.41) is 6.05. The summed E-state index contributed by atoms with van der Waals surface area (Å²) in [5.74, 6) is -5.50. The van der Waals surface area contributed by atoms with Crippen LogP contribution in [0.1, 0.15) is 13.3 Å². The Morgan fingerprint density at radius 1 is 0.913 bits per heavy atom. The zero-order chi connectivity index (χ0) is 18.4. The van der Waals surface area contributed by atoms with Crippen molar-refractivity contribution in [3.63, 3.8) is 0 Å². The average molecular weight is 352 g/mol. The summed E-state index contributed by atoms with van der Waals surface area (Å²) in [6, 6.07) is 0. The highest BCUT2D eigenvalue weighted by atomic mass is 19.4. The molecule has 0 rings (SSSR count). The molecule has 0 heterocycles. The smallest absolute Gasteiger partial charge is 0.315 e. The maximum absolute atomic E-state index is 13.2. The number of nitrogens with zero attached hydrogens (tertiary/aromatic N) is 6. The Kier molecular flexibility index (Phi) is 6.95. The van der Waals surface area contributed by atoms with Crippen LogP contribution in [0.4, 0.5) is 30.7 Å². The van der Waals surface area contributed by atoms with Gasteiger partial charge in [-0.1, -0.05) is 17.2 Å². The summed E-state index contributed by atoms with van der Waals surface area (Å²) in [5.41, 5.74) is 14.7. The van der Waals surface area contributed by atoms with Crippen LogP contribution in [0, 0.1) is 5.41 Å². The molecule has 0 saturated heterocycles. The van der Waals surface area contributed by atoms with E-state index in [1.165, 1.54) is 0 Å². The van der Waals surface area contributed by atoms with Crippen molar-refractivity contribution in [2.45, 2.75) is 31.6 Å². The van der Waals surface area contributed by atoms with E-state index in [2.05, 4.69) is 24.8 Å². The van der Waals surface area contributed by atoms with Gasteiger partial charge >= 0.3 is 18.2 Å². The number of rotatable bonds is 9. The van der Waals surface area contributed by atoms with Crippen LogP contribution in [-0.2, 0) is 4.74 Å². The van der Waals surface area contributed by atoms with Crippen molar-refractivity contribution in [2.75, 3.05) is 19.7 Å². The van der Waals surface area contributed by atoms with Gasteiger partial charge in [-0.3, -0.25) is 0 Å². The third-order valence-electron chi connectivity index (χ3n) is 2.48. The van der Waals surface area contributed by atoms with Gasteiger partial charge in [0.2, 0.25) is 0 Å². The second kappa shape index (κ2) is 7.57. The van der Waals surface area contributed by atoms with Gasteiger partial charge in [0.05, 0.1) is 6.61 Å². The van der Waals surface area contributed by atoms with Gasteiger partial charge in [0, 0.05) is 28.3 Å². The van der Waals surface area contributed by atoms with E-state index in [-0.39, 0.29) is 0 Å². The molecule has 0 aliphatic carbocycles. The number of ether oxygens (including phenoxy) is 1. The van der Waals surface area contributed by atoms with Crippen LogP contribution in [0.2, 0.25) is 0 Å². The summed E-state index contributed by atoms with van der Waals surface area (Å²) < 4.78 is 91.9. The van der Waals surface area contributed by atoms with Crippen molar-refractivity contribution in [2.24, 2.45) is 15.6 Å². The van der Waals surface area contributed by atoms with Crippen LogP contribution in [0.5, 0.6) is 0 Å². The van der Waals surface area contributed by atoms with Crippen molar-refractivity contribution < 1.29 is 35.5 Å². The Morgan fingerprint density at radius 2 is 1.35 bits per heavy atom. The standard InChI is InChI=1S/C9H11F7N6O/c1-6(3-19-21-17,4-20-22-18)5-23-9(15,16)7(10,11)2-8(12,13)14/h2-5H2,1H3. The first-order chi connectivity index (χ1) is 10.3. The fraction of sp³-hybridized carbons (Fsp3) is 1.00. The monoisotopic (exact) mass is 352 g/mol. The molecule has 0 aromatic heterocycles. The van der Waals surface area contributed by atoms with Gasteiger partial charge in [-0.15, -0.1) is 0 Å². The van der Waals surface area contributed by atoms with Gasteiger partial charge in [0.25, 0.3) is 0 Å². The molecule has 0 aliphatic heterocycles. The Bertz CT molecular complexity index is 475. The molecule has 0 unspecified atom stereocenters. The molecule has 0 aromatic carbocycles. The molecule has 0 spiro atoms. The second-order valence-corrected chi connectivity index (χ2v) is 4.89. The summed E-state index contributed by atoms with van der Waals surface area (Å²) in [6.07, 6.45) is -14.0. The fourth-order valence-electron chi connectivity index (χ4n) is 1.27. The van der Waals surface area contributed by atoms with Crippen LogP contribution >= 0.6 is 0 Å². The van der Waals surface area contributed by atoms with Crippen LogP contribution in [0.25, 0.3) is 20.9 Å². The largest absolute Gasteiger partial charge is 0.419 e. The van der Waals surface area contributed by atoms with E-state index in [4.69, 9.17) is 11.1 Å². The Hall–Kier alpha value is -1.91. The predicted octanol–water partition coefficient (Wildman–Crippen LogP) is 4.81. The van der Waals surface area contributed by atoms with Gasteiger partial charge in [0.1, 0.15) is 6.42 Å². The molecule has 0 bridgehead atoms. The molecule has 0 N–H and O–H groups in total. The molecule has 0 amide bonds. The van der Waals surface area contributed by atoms with Crippen molar-refractivity contribution >= 4 is 0 Å². The SMILES string of the molecule is CC(CN=[N+]=[N-])(CN=[N+]=[N-])COC(F)(F)C(F)(F)CC(F)(F)F. The molecule has 7 nitrogen and oxygen atoms in total. The van der Waals surface area contributed by atoms with E-state index in [0.29, 0.717) is 0 Å². The molecule has 14 heteroatoms. The molecular formula is C9H11F7N6O. The third-order valence-corrected chi connectivity index (χ3v) is 2.48. The highest BCUT2D eigenvalue weighted by Crippen LogP contribution is 2.43. The summed E-state index contributed by atoms with van der Waals surface area (Å²) >= 11 is 0. The van der Waals surface area contributed by atoms with Crippen molar-refractivity contribution in [1.29, 1.82) is 0 Å². The zero-order valence-electron chi connectivity index (χ0n) is 11.6. The Balaban J connectivity index is 5.11. The van der Waals surface area contributed by atoms with Crippen LogP contribution in [0.3, 0.4) is 0 Å². The molecule has 23 heavy (non-hydrogen) atoms. The van der Waals surface area contributed by atoms with E-state index in [0.717, 1.165) is 6.92 Å². The van der Waals surface area contributed by atoms with Gasteiger partial charge in [0.15, 0.2) is 0 Å². The van der Waals surface area contributed by atoms with Gasteiger partial charge in [-0.25, -0.2) is 0 Å². The molecular weight excluding hydrogens is 341 g/mol. The third kappa shape index (κ3) is 7.26. The average Bonchev–Trinajstić information content (AvgIpc) is 2.38. The molecule has 0 aliphatic rings. The van der Waals surface area contributed by atoms with Crippen molar-refractivity contribution in [1.82, 2.24) is 0 Å². The first-order valence-corrected chi connectivity index (χ1v) is 5.77. The molecule has 132 valence electrons. The van der Waals surface area contributed by atoms with Gasteiger partial charge in [-0.2, -0.15) is 30.7 Å². The molecule has 0 fully saturated rings. The number of azide groups is 2. The number of alkyl halides is 7. The first kappa shape index (κ1) is 21.1. The summed E-state index contributed by atoms with van der Waals surface area (Å²) in [7, 11) is 0. The molecule has 0 atom stereocenters. The van der Waals surface area contributed by atoms with E-state index in [1.54, 1.807) is 0 Å². The fourth-order valence-corrected chi connectivity index (χ4v) is 1.27. The first-order valence-electron chi connectivity index (χ1n) is 5.77. The normalized spacial score (nSPS) is 15.3. The minimum atomic E-state index is -5.53. The van der Waals surface area contributed by atoms with Gasteiger partial charge in [-0.05, 0) is 11.1 Å². The van der Waals surface area contributed by atoms with E-state index in [9.17, 15) is 30.7 Å². The lowest BCUT2D eigenvalue weighted by Gasteiger charge is -2.31. The summed E-state index contributed by atoms with van der Waals surface area (Å²) in [6.45, 7) is -1.26. The zero-order valence-corrected chi connectivity index (χ0v) is 11.6. The van der Waals surface area contributed by atoms with E-state index in [1.807, 2.05) is 0 Å². The topological polar surface area (TPSA) is 107 Å². The summed E-state index contributed by atoms with van der Waals surface area (Å²) in [4.78, 5) is 4.64. The number of hydrogen-bond donors (Lipinski definition) is 0. The molecule has 0 aromatic rings. The molecule has 0 saturated carbocycles. The minimum absolute atomic E-state index is 0.566. The second-order valence-electron chi connectivity index (χ2n) is 4.89. The lowest BCUT2D eigenvalue weighted by Crippen LogP contribution is -2.48. The maximum Gasteiger partial charge on any atom is 0.419 e. The van der Waals surface area contributed by atoms with Crippen LogP contribution < -0.4 is 0 Å². The predicted molar refractivity (Wildman–Crippen MR) is 62.7 cm³/mol. The highest BCUT2D eigenvalue weighted by molar-refractivity contribution is 4.84. The number of halogens is 7. The van der Waals surface area contributed by atoms with E-state index < -0.39 is 49.7 Å². The highest BCUT2D eigenvalue weighted by Gasteiger charge is 2.62. The minimum Gasteiger partial charge on any atom is -0.315 e. The maximum atomic E-state index is 13.2. The number of hydrogen-bond acceptors (Lipinski definition) is 3. The lowest BCUT2D eigenvalue weighted by molar-refractivity contribution is -0.370. The van der Waals surface area contributed by atoms with Crippen molar-refractivity contribution in [3.8, 4) is 0 Å². The Labute approximate surface area is 124 Å². The van der Waals surface area contributed by atoms with Crippen LogP contribution in [-0.4, -0.2) is 37.9 Å².